The van der Waals surface area contributed by atoms with Gasteiger partial charge in [0.15, 0.2) is 0 Å². The first kappa shape index (κ1) is 14.2. The molecular weight excluding hydrogens is 254 g/mol. The minimum absolute atomic E-state index is 0.0549. The number of hydrogen-bond acceptors (Lipinski definition) is 3. The minimum Gasteiger partial charge on any atom is -0.478 e. The maximum Gasteiger partial charge on any atom is 0.335 e. The quantitative estimate of drug-likeness (QED) is 0.704. The highest BCUT2D eigenvalue weighted by Gasteiger charge is 2.09. The summed E-state index contributed by atoms with van der Waals surface area (Å²) in [5.41, 5.74) is 3.22. The highest BCUT2D eigenvalue weighted by atomic mass is 16.4. The number of benzene rings is 2. The predicted octanol–water partition coefficient (Wildman–Crippen LogP) is 2.13. The van der Waals surface area contributed by atoms with Crippen LogP contribution in [0.1, 0.15) is 15.9 Å². The molecule has 0 fully saturated rings. The van der Waals surface area contributed by atoms with E-state index < -0.39 is 5.97 Å². The van der Waals surface area contributed by atoms with Gasteiger partial charge in [-0.1, -0.05) is 36.4 Å². The largest absolute Gasteiger partial charge is 0.478 e. The van der Waals surface area contributed by atoms with E-state index in [1.165, 1.54) is 0 Å². The van der Waals surface area contributed by atoms with Crippen molar-refractivity contribution in [3.8, 4) is 11.1 Å². The van der Waals surface area contributed by atoms with Gasteiger partial charge in [-0.2, -0.15) is 0 Å². The zero-order valence-corrected chi connectivity index (χ0v) is 11.0. The van der Waals surface area contributed by atoms with Gasteiger partial charge in [-0.15, -0.1) is 0 Å². The summed E-state index contributed by atoms with van der Waals surface area (Å²) in [6.45, 7) is 1.05. The lowest BCUT2D eigenvalue weighted by Crippen LogP contribution is -2.18. The third-order valence-corrected chi connectivity index (χ3v) is 3.04. The molecule has 0 saturated carbocycles. The molecule has 4 heteroatoms. The number of carboxylic acids is 1. The molecule has 0 aliphatic heterocycles. The van der Waals surface area contributed by atoms with Gasteiger partial charge in [0.1, 0.15) is 0 Å². The first-order valence-corrected chi connectivity index (χ1v) is 6.45. The van der Waals surface area contributed by atoms with Gasteiger partial charge in [0, 0.05) is 13.1 Å². The van der Waals surface area contributed by atoms with Crippen molar-refractivity contribution in [3.63, 3.8) is 0 Å². The van der Waals surface area contributed by atoms with Gasteiger partial charge in [-0.25, -0.2) is 4.79 Å². The maximum atomic E-state index is 11.1. The number of aliphatic hydroxyl groups is 1. The molecule has 4 nitrogen and oxygen atoms in total. The van der Waals surface area contributed by atoms with Crippen molar-refractivity contribution in [1.29, 1.82) is 0 Å². The number of hydrogen-bond donors (Lipinski definition) is 3. The Labute approximate surface area is 117 Å². The van der Waals surface area contributed by atoms with Crippen LogP contribution in [0.25, 0.3) is 11.1 Å². The zero-order chi connectivity index (χ0) is 14.4. The van der Waals surface area contributed by atoms with E-state index in [0.29, 0.717) is 13.1 Å². The van der Waals surface area contributed by atoms with Crippen LogP contribution in [0.2, 0.25) is 0 Å². The highest BCUT2D eigenvalue weighted by Crippen LogP contribution is 2.24. The number of carboxylic acid groups (broad SMARTS) is 1. The minimum atomic E-state index is -0.937. The first-order valence-electron chi connectivity index (χ1n) is 6.45. The summed E-state index contributed by atoms with van der Waals surface area (Å²) in [7, 11) is 0. The Morgan fingerprint density at radius 2 is 1.85 bits per heavy atom. The van der Waals surface area contributed by atoms with Gasteiger partial charge in [0.2, 0.25) is 0 Å². The van der Waals surface area contributed by atoms with Gasteiger partial charge in [-0.3, -0.25) is 0 Å². The predicted molar refractivity (Wildman–Crippen MR) is 77.6 cm³/mol. The molecule has 20 heavy (non-hydrogen) atoms. The van der Waals surface area contributed by atoms with Crippen LogP contribution < -0.4 is 5.32 Å². The standard InChI is InChI=1S/C16H17NO3/c18-9-8-17-11-14-10-13(16(19)20)6-7-15(14)12-4-2-1-3-5-12/h1-7,10,17-18H,8-9,11H2,(H,19,20). The summed E-state index contributed by atoms with van der Waals surface area (Å²) in [5.74, 6) is -0.937. The monoisotopic (exact) mass is 271 g/mol. The Kier molecular flexibility index (Phi) is 4.87. The van der Waals surface area contributed by atoms with Crippen LogP contribution >= 0.6 is 0 Å². The second-order valence-electron chi connectivity index (χ2n) is 4.44. The molecule has 0 saturated heterocycles. The van der Waals surface area contributed by atoms with Crippen LogP contribution in [0.15, 0.2) is 48.5 Å². The highest BCUT2D eigenvalue weighted by molar-refractivity contribution is 5.89. The van der Waals surface area contributed by atoms with Crippen LogP contribution in [-0.4, -0.2) is 29.3 Å². The summed E-state index contributed by atoms with van der Waals surface area (Å²) in [6, 6.07) is 14.9. The van der Waals surface area contributed by atoms with E-state index in [1.54, 1.807) is 12.1 Å². The molecule has 0 atom stereocenters. The average Bonchev–Trinajstić information content (AvgIpc) is 2.48. The summed E-state index contributed by atoms with van der Waals surface area (Å²) >= 11 is 0. The second-order valence-corrected chi connectivity index (χ2v) is 4.44. The van der Waals surface area contributed by atoms with Crippen molar-refractivity contribution < 1.29 is 15.0 Å². The average molecular weight is 271 g/mol. The van der Waals surface area contributed by atoms with E-state index in [-0.39, 0.29) is 12.2 Å². The van der Waals surface area contributed by atoms with Crippen molar-refractivity contribution >= 4 is 5.97 Å². The maximum absolute atomic E-state index is 11.1. The lowest BCUT2D eigenvalue weighted by molar-refractivity contribution is 0.0696. The van der Waals surface area contributed by atoms with Gasteiger partial charge in [0.25, 0.3) is 0 Å². The van der Waals surface area contributed by atoms with Gasteiger partial charge >= 0.3 is 5.97 Å². The fourth-order valence-electron chi connectivity index (χ4n) is 2.07. The Balaban J connectivity index is 2.37. The zero-order valence-electron chi connectivity index (χ0n) is 11.0. The normalized spacial score (nSPS) is 10.4. The van der Waals surface area contributed by atoms with E-state index in [0.717, 1.165) is 16.7 Å². The molecule has 0 bridgehead atoms. The molecule has 0 amide bonds. The van der Waals surface area contributed by atoms with E-state index in [1.807, 2.05) is 36.4 Å². The smallest absolute Gasteiger partial charge is 0.335 e. The fraction of sp³-hybridized carbons (Fsp3) is 0.188. The van der Waals surface area contributed by atoms with Gasteiger partial charge in [-0.05, 0) is 28.8 Å². The van der Waals surface area contributed by atoms with Crippen molar-refractivity contribution in [1.82, 2.24) is 5.32 Å². The molecule has 0 aliphatic rings. The molecule has 2 aromatic rings. The van der Waals surface area contributed by atoms with Crippen LogP contribution in [-0.2, 0) is 6.54 Å². The summed E-state index contributed by atoms with van der Waals surface area (Å²) in [5, 5.41) is 21.0. The molecule has 2 aromatic carbocycles. The first-order chi connectivity index (χ1) is 9.72. The molecule has 0 heterocycles. The van der Waals surface area contributed by atoms with Crippen LogP contribution in [0.5, 0.6) is 0 Å². The lowest BCUT2D eigenvalue weighted by Gasteiger charge is -2.11. The van der Waals surface area contributed by atoms with Crippen LogP contribution in [0.4, 0.5) is 0 Å². The second kappa shape index (κ2) is 6.84. The third kappa shape index (κ3) is 3.44. The molecule has 0 aliphatic carbocycles. The number of aromatic carboxylic acids is 1. The molecule has 3 N–H and O–H groups in total. The summed E-state index contributed by atoms with van der Waals surface area (Å²) in [6.07, 6.45) is 0. The Morgan fingerprint density at radius 3 is 2.50 bits per heavy atom. The van der Waals surface area contributed by atoms with Gasteiger partial charge < -0.3 is 15.5 Å². The number of nitrogens with one attached hydrogen (secondary N) is 1. The van der Waals surface area contributed by atoms with Crippen molar-refractivity contribution in [2.45, 2.75) is 6.54 Å². The van der Waals surface area contributed by atoms with Crippen molar-refractivity contribution in [3.05, 3.63) is 59.7 Å². The van der Waals surface area contributed by atoms with Gasteiger partial charge in [0.05, 0.1) is 12.2 Å². The topological polar surface area (TPSA) is 69.6 Å². The molecule has 104 valence electrons. The molecule has 0 unspecified atom stereocenters. The summed E-state index contributed by atoms with van der Waals surface area (Å²) in [4.78, 5) is 11.1. The number of carbonyl (C=O) groups is 1. The van der Waals surface area contributed by atoms with E-state index in [4.69, 9.17) is 10.2 Å². The fourth-order valence-corrected chi connectivity index (χ4v) is 2.07. The molecule has 0 radical (unpaired) electrons. The molecule has 0 aromatic heterocycles. The SMILES string of the molecule is O=C(O)c1ccc(-c2ccccc2)c(CNCCO)c1. The number of rotatable bonds is 6. The van der Waals surface area contributed by atoms with Crippen molar-refractivity contribution in [2.75, 3.05) is 13.2 Å². The lowest BCUT2D eigenvalue weighted by atomic mass is 9.97. The molecule has 2 rings (SSSR count). The Bertz CT molecular complexity index is 582. The third-order valence-electron chi connectivity index (χ3n) is 3.04. The van der Waals surface area contributed by atoms with Crippen LogP contribution in [0.3, 0.4) is 0 Å². The van der Waals surface area contributed by atoms with E-state index in [9.17, 15) is 4.79 Å². The van der Waals surface area contributed by atoms with Crippen molar-refractivity contribution in [2.24, 2.45) is 0 Å². The van der Waals surface area contributed by atoms with Crippen LogP contribution in [0, 0.1) is 0 Å². The van der Waals surface area contributed by atoms with E-state index >= 15 is 0 Å². The molecular formula is C16H17NO3. The Hall–Kier alpha value is -2.17. The Morgan fingerprint density at radius 1 is 1.10 bits per heavy atom. The number of aliphatic hydroxyl groups excluding tert-OH is 1. The van der Waals surface area contributed by atoms with E-state index in [2.05, 4.69) is 5.32 Å². The summed E-state index contributed by atoms with van der Waals surface area (Å²) < 4.78 is 0. The molecule has 0 spiro atoms.